The standard InChI is InChI=1S/C26H38N2/c1-2-4-6-12-22(13-7-5-3-1)28-23-14-10-15-24(28)20-25(19-23)27-18-17-21-11-8-9-16-26(21)27/h8-9,11,16-18,22-25H,1-7,10,12-15,19-20H2. The molecule has 152 valence electrons. The molecule has 5 rings (SSSR count). The molecule has 2 aliphatic heterocycles. The number of hydrogen-bond acceptors (Lipinski definition) is 1. The summed E-state index contributed by atoms with van der Waals surface area (Å²) in [5, 5.41) is 1.41. The van der Waals surface area contributed by atoms with Crippen LogP contribution in [0.25, 0.3) is 10.9 Å². The van der Waals surface area contributed by atoms with Crippen LogP contribution in [0.2, 0.25) is 0 Å². The lowest BCUT2D eigenvalue weighted by molar-refractivity contribution is -0.0234. The van der Waals surface area contributed by atoms with Gasteiger partial charge in [-0.25, -0.2) is 0 Å². The molecule has 2 atom stereocenters. The van der Waals surface area contributed by atoms with Crippen molar-refractivity contribution < 1.29 is 0 Å². The summed E-state index contributed by atoms with van der Waals surface area (Å²) in [6, 6.07) is 14.5. The van der Waals surface area contributed by atoms with Crippen molar-refractivity contribution in [2.75, 3.05) is 0 Å². The molecule has 28 heavy (non-hydrogen) atoms. The van der Waals surface area contributed by atoms with E-state index < -0.39 is 0 Å². The normalized spacial score (nSPS) is 31.1. The van der Waals surface area contributed by atoms with Gasteiger partial charge in [-0.1, -0.05) is 69.6 Å². The number of rotatable bonds is 2. The Morgan fingerprint density at radius 2 is 1.18 bits per heavy atom. The predicted octanol–water partition coefficient (Wildman–Crippen LogP) is 7.09. The van der Waals surface area contributed by atoms with Gasteiger partial charge in [-0.15, -0.1) is 0 Å². The smallest absolute Gasteiger partial charge is 0.0482 e. The van der Waals surface area contributed by atoms with E-state index in [1.54, 1.807) is 0 Å². The largest absolute Gasteiger partial charge is 0.344 e. The van der Waals surface area contributed by atoms with E-state index in [0.717, 1.165) is 18.1 Å². The molecule has 3 fully saturated rings. The van der Waals surface area contributed by atoms with Gasteiger partial charge >= 0.3 is 0 Å². The van der Waals surface area contributed by atoms with Gasteiger partial charge in [-0.3, -0.25) is 4.90 Å². The van der Waals surface area contributed by atoms with E-state index in [1.807, 2.05) is 0 Å². The summed E-state index contributed by atoms with van der Waals surface area (Å²) >= 11 is 0. The summed E-state index contributed by atoms with van der Waals surface area (Å²) in [4.78, 5) is 3.06. The first-order chi connectivity index (χ1) is 13.9. The van der Waals surface area contributed by atoms with Crippen LogP contribution in [0.15, 0.2) is 36.5 Å². The minimum Gasteiger partial charge on any atom is -0.344 e. The van der Waals surface area contributed by atoms with Crippen molar-refractivity contribution in [3.8, 4) is 0 Å². The molecule has 2 nitrogen and oxygen atoms in total. The summed E-state index contributed by atoms with van der Waals surface area (Å²) in [6.07, 6.45) is 22.6. The number of para-hydroxylation sites is 1. The first-order valence-corrected chi connectivity index (χ1v) is 12.2. The highest BCUT2D eigenvalue weighted by Crippen LogP contribution is 2.43. The van der Waals surface area contributed by atoms with E-state index in [1.165, 1.54) is 101 Å². The van der Waals surface area contributed by atoms with Gasteiger partial charge in [-0.2, -0.15) is 0 Å². The fraction of sp³-hybridized carbons (Fsp3) is 0.692. The van der Waals surface area contributed by atoms with Crippen LogP contribution in [0.5, 0.6) is 0 Å². The van der Waals surface area contributed by atoms with Crippen molar-refractivity contribution in [3.63, 3.8) is 0 Å². The molecular weight excluding hydrogens is 340 g/mol. The highest BCUT2D eigenvalue weighted by Gasteiger charge is 2.41. The SMILES string of the molecule is c1ccc2c(c1)ccn2C1CC2CCCC(C1)N2C1CCCCCCCCC1. The molecule has 3 heterocycles. The highest BCUT2D eigenvalue weighted by atomic mass is 15.2. The zero-order valence-electron chi connectivity index (χ0n) is 17.6. The Labute approximate surface area is 171 Å². The van der Waals surface area contributed by atoms with E-state index >= 15 is 0 Å². The van der Waals surface area contributed by atoms with Gasteiger partial charge in [-0.05, 0) is 56.0 Å². The van der Waals surface area contributed by atoms with Crippen LogP contribution in [0, 0.1) is 0 Å². The summed E-state index contributed by atoms with van der Waals surface area (Å²) in [5.74, 6) is 0. The monoisotopic (exact) mass is 378 g/mol. The third-order valence-corrected chi connectivity index (χ3v) is 8.03. The molecule has 0 radical (unpaired) electrons. The van der Waals surface area contributed by atoms with E-state index in [0.29, 0.717) is 6.04 Å². The molecule has 0 N–H and O–H groups in total. The minimum atomic E-state index is 0.700. The first-order valence-electron chi connectivity index (χ1n) is 12.2. The number of piperidine rings is 2. The van der Waals surface area contributed by atoms with Crippen molar-refractivity contribution in [1.29, 1.82) is 0 Å². The Balaban J connectivity index is 1.34. The second kappa shape index (κ2) is 8.61. The van der Waals surface area contributed by atoms with Crippen LogP contribution in [0.4, 0.5) is 0 Å². The Kier molecular flexibility index (Phi) is 5.76. The number of nitrogens with zero attached hydrogens (tertiary/aromatic N) is 2. The third kappa shape index (κ3) is 3.77. The lowest BCUT2D eigenvalue weighted by Gasteiger charge is -2.53. The molecule has 1 saturated carbocycles. The van der Waals surface area contributed by atoms with Crippen LogP contribution >= 0.6 is 0 Å². The van der Waals surface area contributed by atoms with Crippen LogP contribution in [-0.2, 0) is 0 Å². The van der Waals surface area contributed by atoms with Gasteiger partial charge in [0, 0.05) is 35.9 Å². The number of benzene rings is 1. The van der Waals surface area contributed by atoms with Gasteiger partial charge in [0.2, 0.25) is 0 Å². The van der Waals surface area contributed by atoms with Crippen molar-refractivity contribution in [2.24, 2.45) is 0 Å². The Bertz CT molecular complexity index is 739. The topological polar surface area (TPSA) is 8.17 Å². The van der Waals surface area contributed by atoms with Gasteiger partial charge in [0.05, 0.1) is 0 Å². The fourth-order valence-corrected chi connectivity index (χ4v) is 6.72. The van der Waals surface area contributed by atoms with Gasteiger partial charge < -0.3 is 4.57 Å². The summed E-state index contributed by atoms with van der Waals surface area (Å²) in [5.41, 5.74) is 1.44. The molecular formula is C26H38N2. The zero-order chi connectivity index (χ0) is 18.8. The van der Waals surface area contributed by atoms with Crippen LogP contribution < -0.4 is 0 Å². The zero-order valence-corrected chi connectivity index (χ0v) is 17.6. The van der Waals surface area contributed by atoms with E-state index in [9.17, 15) is 0 Å². The Hall–Kier alpha value is -1.28. The average Bonchev–Trinajstić information content (AvgIpc) is 3.15. The van der Waals surface area contributed by atoms with Crippen LogP contribution in [0.3, 0.4) is 0 Å². The van der Waals surface area contributed by atoms with Crippen molar-refractivity contribution >= 4 is 10.9 Å². The Morgan fingerprint density at radius 3 is 1.89 bits per heavy atom. The quantitative estimate of drug-likeness (QED) is 0.541. The van der Waals surface area contributed by atoms with Gasteiger partial charge in [0.1, 0.15) is 0 Å². The van der Waals surface area contributed by atoms with Crippen LogP contribution in [-0.4, -0.2) is 27.6 Å². The number of aromatic nitrogens is 1. The molecule has 3 aliphatic rings. The van der Waals surface area contributed by atoms with E-state index in [-0.39, 0.29) is 0 Å². The average molecular weight is 379 g/mol. The van der Waals surface area contributed by atoms with Gasteiger partial charge in [0.15, 0.2) is 0 Å². The van der Waals surface area contributed by atoms with E-state index in [4.69, 9.17) is 0 Å². The lowest BCUT2D eigenvalue weighted by Crippen LogP contribution is -2.56. The fourth-order valence-electron chi connectivity index (χ4n) is 6.72. The molecule has 2 aromatic rings. The maximum atomic E-state index is 3.06. The second-order valence-electron chi connectivity index (χ2n) is 9.80. The first kappa shape index (κ1) is 18.7. The molecule has 2 heteroatoms. The highest BCUT2D eigenvalue weighted by molar-refractivity contribution is 5.80. The molecule has 1 aromatic carbocycles. The minimum absolute atomic E-state index is 0.700. The molecule has 2 bridgehead atoms. The number of hydrogen-bond donors (Lipinski definition) is 0. The Morgan fingerprint density at radius 1 is 0.571 bits per heavy atom. The lowest BCUT2D eigenvalue weighted by atomic mass is 9.79. The van der Waals surface area contributed by atoms with Crippen molar-refractivity contribution in [2.45, 2.75) is 114 Å². The summed E-state index contributed by atoms with van der Waals surface area (Å²) in [6.45, 7) is 0. The maximum absolute atomic E-state index is 3.06. The second-order valence-corrected chi connectivity index (χ2v) is 9.80. The third-order valence-electron chi connectivity index (χ3n) is 8.03. The van der Waals surface area contributed by atoms with Crippen molar-refractivity contribution in [1.82, 2.24) is 9.47 Å². The molecule has 0 amide bonds. The molecule has 2 unspecified atom stereocenters. The molecule has 1 aliphatic carbocycles. The predicted molar refractivity (Wildman–Crippen MR) is 119 cm³/mol. The van der Waals surface area contributed by atoms with E-state index in [2.05, 4.69) is 46.0 Å². The van der Waals surface area contributed by atoms with Crippen molar-refractivity contribution in [3.05, 3.63) is 36.5 Å². The maximum Gasteiger partial charge on any atom is 0.0482 e. The molecule has 0 spiro atoms. The number of fused-ring (bicyclic) bond motifs is 3. The molecule has 1 aromatic heterocycles. The molecule has 2 saturated heterocycles. The summed E-state index contributed by atoms with van der Waals surface area (Å²) < 4.78 is 2.62. The summed E-state index contributed by atoms with van der Waals surface area (Å²) in [7, 11) is 0. The van der Waals surface area contributed by atoms with Crippen LogP contribution in [0.1, 0.15) is 95.9 Å². The van der Waals surface area contributed by atoms with Gasteiger partial charge in [0.25, 0.3) is 0 Å².